The second-order valence-corrected chi connectivity index (χ2v) is 26.5. The number of aryl methyl sites for hydroxylation is 1. The van der Waals surface area contributed by atoms with Crippen LogP contribution >= 0.6 is 30.1 Å². The van der Waals surface area contributed by atoms with Gasteiger partial charge < -0.3 is 50.4 Å². The minimum Gasteiger partial charge on any atom is -0.494 e. The number of methoxy groups -OCH3 is 1. The number of para-hydroxylation sites is 1. The number of hydrogen-bond acceptors (Lipinski definition) is 15. The van der Waals surface area contributed by atoms with Crippen LogP contribution in [0.4, 0.5) is 28.8 Å². The molecule has 8 rings (SSSR count). The number of thiazole rings is 1. The van der Waals surface area contributed by atoms with Crippen LogP contribution in [0.15, 0.2) is 78.4 Å². The minimum absolute atomic E-state index is 0.00544. The number of piperazine rings is 1. The number of halogens is 1. The molecule has 0 bridgehead atoms. The molecule has 18 nitrogen and oxygen atoms in total. The number of aromatic nitrogens is 3. The molecule has 0 radical (unpaired) electrons. The second-order valence-electron chi connectivity index (χ2n) is 22.0. The molecule has 418 valence electrons. The number of aliphatic hydroxyl groups is 1. The number of benzene rings is 3. The number of carbonyl (C=O) groups excluding carboxylic acids is 4. The van der Waals surface area contributed by atoms with Crippen molar-refractivity contribution in [1.29, 1.82) is 0 Å². The summed E-state index contributed by atoms with van der Waals surface area (Å²) in [7, 11) is -0.936. The van der Waals surface area contributed by atoms with Gasteiger partial charge in [0.05, 0.1) is 46.9 Å². The smallest absolute Gasteiger partial charge is 0.246 e. The van der Waals surface area contributed by atoms with E-state index >= 15 is 0 Å². The average Bonchev–Trinajstić information content (AvgIpc) is 4.08. The van der Waals surface area contributed by atoms with E-state index in [0.717, 1.165) is 66.4 Å². The van der Waals surface area contributed by atoms with Gasteiger partial charge >= 0.3 is 0 Å². The Balaban J connectivity index is 0.731. The highest BCUT2D eigenvalue weighted by molar-refractivity contribution is 7.70. The molecule has 78 heavy (non-hydrogen) atoms. The highest BCUT2D eigenvalue weighted by Gasteiger charge is 2.44. The Morgan fingerprint density at radius 3 is 2.29 bits per heavy atom. The molecule has 3 saturated heterocycles. The summed E-state index contributed by atoms with van der Waals surface area (Å²) in [5.41, 5.74) is 6.51. The van der Waals surface area contributed by atoms with E-state index in [2.05, 4.69) is 52.1 Å². The van der Waals surface area contributed by atoms with Crippen LogP contribution < -0.4 is 36.2 Å². The number of likely N-dealkylation sites (tertiary alicyclic amines) is 1. The van der Waals surface area contributed by atoms with E-state index in [1.54, 1.807) is 31.8 Å². The summed E-state index contributed by atoms with van der Waals surface area (Å²) < 4.78 is 18.8. The van der Waals surface area contributed by atoms with E-state index in [0.29, 0.717) is 84.0 Å². The van der Waals surface area contributed by atoms with Crippen molar-refractivity contribution >= 4 is 87.8 Å². The van der Waals surface area contributed by atoms with Crippen molar-refractivity contribution < 1.29 is 33.6 Å². The molecule has 3 atom stereocenters. The molecule has 2 aromatic heterocycles. The molecule has 5 aromatic rings. The fourth-order valence-electron chi connectivity index (χ4n) is 10.5. The molecule has 3 aliphatic heterocycles. The van der Waals surface area contributed by atoms with Gasteiger partial charge in [-0.05, 0) is 86.7 Å². The maximum Gasteiger partial charge on any atom is 0.246 e. The lowest BCUT2D eigenvalue weighted by Crippen LogP contribution is -2.57. The number of nitrogens with zero attached hydrogens (tertiary/aromatic N) is 7. The van der Waals surface area contributed by atoms with Gasteiger partial charge in [-0.2, -0.15) is 4.98 Å². The third-order valence-corrected chi connectivity index (χ3v) is 17.7. The summed E-state index contributed by atoms with van der Waals surface area (Å²) in [6.07, 6.45) is 5.33. The number of anilines is 5. The highest BCUT2D eigenvalue weighted by atomic mass is 35.5. The maximum absolute atomic E-state index is 14.1. The van der Waals surface area contributed by atoms with E-state index in [1.807, 2.05) is 98.8 Å². The quantitative estimate of drug-likeness (QED) is 0.0367. The van der Waals surface area contributed by atoms with Crippen molar-refractivity contribution in [3.05, 3.63) is 94.7 Å². The van der Waals surface area contributed by atoms with E-state index in [4.69, 9.17) is 16.3 Å². The number of hydrogen-bond donors (Lipinski definition) is 5. The van der Waals surface area contributed by atoms with Gasteiger partial charge in [-0.1, -0.05) is 75.2 Å². The average molecular weight is 1120 g/mol. The Morgan fingerprint density at radius 2 is 1.62 bits per heavy atom. The van der Waals surface area contributed by atoms with Gasteiger partial charge in [0.15, 0.2) is 5.82 Å². The van der Waals surface area contributed by atoms with E-state index < -0.39 is 36.7 Å². The maximum atomic E-state index is 14.1. The number of nitrogens with one attached hydrogen (secondary N) is 4. The summed E-state index contributed by atoms with van der Waals surface area (Å²) in [6.45, 7) is 16.1. The van der Waals surface area contributed by atoms with Gasteiger partial charge in [-0.15, -0.1) is 11.3 Å². The number of rotatable bonds is 20. The number of unbranched alkanes of at least 4 members (excludes halogenated alkanes) is 2. The van der Waals surface area contributed by atoms with E-state index in [-0.39, 0.29) is 43.7 Å². The lowest BCUT2D eigenvalue weighted by molar-refractivity contribution is -0.144. The van der Waals surface area contributed by atoms with E-state index in [1.165, 1.54) is 11.1 Å². The summed E-state index contributed by atoms with van der Waals surface area (Å²) in [5, 5.41) is 24.1. The monoisotopic (exact) mass is 1120 g/mol. The lowest BCUT2D eigenvalue weighted by atomic mass is 9.85. The largest absolute Gasteiger partial charge is 0.494 e. The van der Waals surface area contributed by atoms with Crippen molar-refractivity contribution in [1.82, 2.24) is 40.3 Å². The Bertz CT molecular complexity index is 2950. The molecule has 3 unspecified atom stereocenters. The summed E-state index contributed by atoms with van der Waals surface area (Å²) in [4.78, 5) is 77.0. The number of carbonyl (C=O) groups is 4. The second kappa shape index (κ2) is 25.8. The molecule has 3 aliphatic rings. The molecule has 4 amide bonds. The first kappa shape index (κ1) is 58.0. The van der Waals surface area contributed by atoms with Crippen LogP contribution in [0.2, 0.25) is 5.02 Å². The molecule has 0 saturated carbocycles. The Hall–Kier alpha value is -6.11. The van der Waals surface area contributed by atoms with Gasteiger partial charge in [0.25, 0.3) is 0 Å². The summed E-state index contributed by atoms with van der Waals surface area (Å²) in [5.74, 6) is 0.475. The zero-order valence-corrected chi connectivity index (χ0v) is 48.4. The van der Waals surface area contributed by atoms with Crippen LogP contribution in [0.5, 0.6) is 5.75 Å². The standard InChI is InChI=1S/C57H75ClN11O7PS/c1-37-51(78-36-61-37)39-19-17-38(18-20-39)33-59-54(73)46-32-42(70)35-69(46)55(74)52(57(2,3)4)64-49(71)15-9-8-10-16-50(72)68-29-27-67(28-30-68)40-23-25-66(26-24-40)41-21-22-44(47(31-41)76-5)63-56-60-34-43(58)53(65-56)62-45-13-11-12-14-48(45)77(6,7)75/h11-14,17-22,31,34,36,40,42,46,52,70H,8-10,15-16,23-30,32-33,35H2,1-7H3,(H,59,73)(H,64,71)(H2,60,62,63,65). The first-order valence-electron chi connectivity index (χ1n) is 27.0. The van der Waals surface area contributed by atoms with Crippen LogP contribution in [0, 0.1) is 12.3 Å². The molecule has 5 heterocycles. The first-order valence-corrected chi connectivity index (χ1v) is 30.8. The van der Waals surface area contributed by atoms with Crippen molar-refractivity contribution in [3.8, 4) is 16.2 Å². The number of aliphatic hydroxyl groups excluding tert-OH is 1. The molecule has 21 heteroatoms. The van der Waals surface area contributed by atoms with Crippen LogP contribution in [0.25, 0.3) is 10.4 Å². The molecule has 5 N–H and O–H groups in total. The molecule has 0 aliphatic carbocycles. The molecule has 0 spiro atoms. The summed E-state index contributed by atoms with van der Waals surface area (Å²) in [6, 6.07) is 20.0. The number of piperidine rings is 1. The van der Waals surface area contributed by atoms with Gasteiger partial charge in [-0.3, -0.25) is 24.1 Å². The third kappa shape index (κ3) is 14.8. The van der Waals surface area contributed by atoms with Gasteiger partial charge in [-0.25, -0.2) is 9.97 Å². The third-order valence-electron chi connectivity index (χ3n) is 14.9. The fourth-order valence-corrected chi connectivity index (χ4v) is 12.6. The number of ether oxygens (including phenoxy) is 1. The predicted molar refractivity (Wildman–Crippen MR) is 310 cm³/mol. The van der Waals surface area contributed by atoms with Crippen LogP contribution in [0.3, 0.4) is 0 Å². The highest BCUT2D eigenvalue weighted by Crippen LogP contribution is 2.39. The molecule has 3 aromatic carbocycles. The first-order chi connectivity index (χ1) is 37.2. The van der Waals surface area contributed by atoms with E-state index in [9.17, 15) is 28.8 Å². The van der Waals surface area contributed by atoms with Gasteiger partial charge in [0.2, 0.25) is 29.6 Å². The Morgan fingerprint density at radius 1 is 0.897 bits per heavy atom. The normalized spacial score (nSPS) is 17.9. The number of β-amino-alcohol motifs (C(OH)–C–C–N with tert-alkyl or cyclic N) is 1. The van der Waals surface area contributed by atoms with Crippen LogP contribution in [-0.4, -0.2) is 149 Å². The predicted octanol–water partition coefficient (Wildman–Crippen LogP) is 8.18. The molecular weight excluding hydrogens is 1050 g/mol. The zero-order chi connectivity index (χ0) is 55.7. The Labute approximate surface area is 467 Å². The molecule has 3 fully saturated rings. The Kier molecular flexibility index (Phi) is 19.2. The fraction of sp³-hybridized carbons (Fsp3) is 0.491. The zero-order valence-electron chi connectivity index (χ0n) is 45.9. The number of amides is 4. The molecular formula is C57H75ClN11O7PS. The minimum atomic E-state index is -2.57. The SMILES string of the molecule is COc1cc(N2CCC(N3CCN(C(=O)CCCCCC(=O)NC(C(=O)N4CC(O)CC4C(=O)NCc4ccc(-c5scnc5C)cc4)C(C)(C)C)CC3)CC2)ccc1Nc1ncc(Cl)c(Nc2ccccc2P(C)(C)=O)n1. The lowest BCUT2D eigenvalue weighted by Gasteiger charge is -2.43. The van der Waals surface area contributed by atoms with Crippen LogP contribution in [0.1, 0.15) is 83.4 Å². The van der Waals surface area contributed by atoms with Crippen molar-refractivity contribution in [2.75, 3.05) is 81.8 Å². The van der Waals surface area contributed by atoms with Gasteiger partial charge in [0, 0.05) is 94.7 Å². The van der Waals surface area contributed by atoms with Crippen molar-refractivity contribution in [2.45, 2.75) is 110 Å². The topological polar surface area (TPSA) is 215 Å². The van der Waals surface area contributed by atoms with Crippen molar-refractivity contribution in [2.24, 2.45) is 5.41 Å². The van der Waals surface area contributed by atoms with Crippen molar-refractivity contribution in [3.63, 3.8) is 0 Å². The van der Waals surface area contributed by atoms with Crippen LogP contribution in [-0.2, 0) is 30.3 Å². The summed E-state index contributed by atoms with van der Waals surface area (Å²) >= 11 is 8.08. The van der Waals surface area contributed by atoms with Gasteiger partial charge in [0.1, 0.15) is 30.0 Å².